The Balaban J connectivity index is 1.95. The average Bonchev–Trinajstić information content (AvgIpc) is 2.56. The van der Waals surface area contributed by atoms with E-state index in [0.717, 1.165) is 25.6 Å². The highest BCUT2D eigenvalue weighted by Gasteiger charge is 2.35. The van der Waals surface area contributed by atoms with E-state index in [1.165, 1.54) is 44.9 Å². The topological polar surface area (TPSA) is 38.0 Å². The van der Waals surface area contributed by atoms with Crippen LogP contribution in [0.15, 0.2) is 24.3 Å². The molecule has 2 heteroatoms. The zero-order chi connectivity index (χ0) is 13.8. The molecule has 2 nitrogen and oxygen atoms in total. The van der Waals surface area contributed by atoms with Gasteiger partial charge in [-0.05, 0) is 55.8 Å². The first-order chi connectivity index (χ1) is 9.86. The van der Waals surface area contributed by atoms with Crippen molar-refractivity contribution in [1.82, 2.24) is 5.32 Å². The second kappa shape index (κ2) is 6.28. The summed E-state index contributed by atoms with van der Waals surface area (Å²) in [5, 5.41) is 3.48. The first-order valence-electron chi connectivity index (χ1n) is 8.36. The molecular weight excluding hydrogens is 244 g/mol. The van der Waals surface area contributed by atoms with E-state index < -0.39 is 0 Å². The minimum absolute atomic E-state index is 0.264. The molecule has 3 rings (SSSR count). The summed E-state index contributed by atoms with van der Waals surface area (Å²) in [5.41, 5.74) is 9.70. The van der Waals surface area contributed by atoms with Crippen molar-refractivity contribution in [2.24, 2.45) is 5.73 Å². The number of piperidine rings is 1. The molecule has 0 aromatic heterocycles. The number of nitrogens with one attached hydrogen (secondary N) is 1. The maximum absolute atomic E-state index is 6.26. The monoisotopic (exact) mass is 272 g/mol. The summed E-state index contributed by atoms with van der Waals surface area (Å²) in [4.78, 5) is 0. The van der Waals surface area contributed by atoms with Crippen molar-refractivity contribution in [2.45, 2.75) is 56.3 Å². The number of nitrogens with two attached hydrogens (primary N) is 1. The van der Waals surface area contributed by atoms with Crippen LogP contribution in [-0.4, -0.2) is 19.6 Å². The van der Waals surface area contributed by atoms with E-state index in [1.54, 1.807) is 11.1 Å². The van der Waals surface area contributed by atoms with Gasteiger partial charge in [-0.2, -0.15) is 0 Å². The predicted octanol–water partition coefficient (Wildman–Crippen LogP) is 3.31. The Hall–Kier alpha value is -0.860. The second-order valence-corrected chi connectivity index (χ2v) is 6.66. The van der Waals surface area contributed by atoms with Crippen LogP contribution in [0.5, 0.6) is 0 Å². The minimum atomic E-state index is 0.264. The molecule has 1 aromatic rings. The smallest absolute Gasteiger partial charge is 0.00783 e. The van der Waals surface area contributed by atoms with Crippen molar-refractivity contribution >= 4 is 0 Å². The molecule has 2 fully saturated rings. The van der Waals surface area contributed by atoms with E-state index in [-0.39, 0.29) is 5.41 Å². The SMILES string of the molecule is NCC1(c2ccccc2C2CCNCC2)CCCCC1. The quantitative estimate of drug-likeness (QED) is 0.886. The van der Waals surface area contributed by atoms with Gasteiger partial charge >= 0.3 is 0 Å². The van der Waals surface area contributed by atoms with Gasteiger partial charge in [0.25, 0.3) is 0 Å². The Morgan fingerprint density at radius 2 is 1.75 bits per heavy atom. The van der Waals surface area contributed by atoms with Gasteiger partial charge in [-0.15, -0.1) is 0 Å². The Kier molecular flexibility index (Phi) is 4.42. The fraction of sp³-hybridized carbons (Fsp3) is 0.667. The Labute approximate surface area is 123 Å². The number of rotatable bonds is 3. The van der Waals surface area contributed by atoms with Crippen LogP contribution >= 0.6 is 0 Å². The lowest BCUT2D eigenvalue weighted by molar-refractivity contribution is 0.296. The lowest BCUT2D eigenvalue weighted by Crippen LogP contribution is -2.38. The standard InChI is InChI=1S/C18H28N2/c19-14-18(10-4-1-5-11-18)17-7-3-2-6-16(17)15-8-12-20-13-9-15/h2-3,6-7,15,20H,1,4-5,8-14,19H2. The van der Waals surface area contributed by atoms with E-state index in [9.17, 15) is 0 Å². The van der Waals surface area contributed by atoms with Crippen molar-refractivity contribution in [1.29, 1.82) is 0 Å². The van der Waals surface area contributed by atoms with Gasteiger partial charge < -0.3 is 11.1 Å². The molecule has 20 heavy (non-hydrogen) atoms. The van der Waals surface area contributed by atoms with Crippen LogP contribution in [0.1, 0.15) is 62.0 Å². The molecule has 0 bridgehead atoms. The van der Waals surface area contributed by atoms with Gasteiger partial charge in [0.1, 0.15) is 0 Å². The van der Waals surface area contributed by atoms with Gasteiger partial charge in [0.05, 0.1) is 0 Å². The van der Waals surface area contributed by atoms with Crippen LogP contribution in [-0.2, 0) is 5.41 Å². The summed E-state index contributed by atoms with van der Waals surface area (Å²) < 4.78 is 0. The molecule has 1 aliphatic carbocycles. The van der Waals surface area contributed by atoms with E-state index >= 15 is 0 Å². The third-order valence-corrected chi connectivity index (χ3v) is 5.51. The van der Waals surface area contributed by atoms with Crippen LogP contribution in [0.2, 0.25) is 0 Å². The molecule has 1 saturated carbocycles. The van der Waals surface area contributed by atoms with Crippen molar-refractivity contribution in [3.63, 3.8) is 0 Å². The van der Waals surface area contributed by atoms with Gasteiger partial charge in [-0.1, -0.05) is 43.5 Å². The molecule has 3 N–H and O–H groups in total. The molecule has 2 aliphatic rings. The Bertz CT molecular complexity index is 429. The highest BCUT2D eigenvalue weighted by molar-refractivity contribution is 5.38. The average molecular weight is 272 g/mol. The number of hydrogen-bond donors (Lipinski definition) is 2. The molecular formula is C18H28N2. The normalized spacial score (nSPS) is 23.6. The first kappa shape index (κ1) is 14.1. The number of benzene rings is 1. The third kappa shape index (κ3) is 2.64. The van der Waals surface area contributed by atoms with Gasteiger partial charge in [0, 0.05) is 12.0 Å². The molecule has 0 unspecified atom stereocenters. The Morgan fingerprint density at radius 1 is 1.05 bits per heavy atom. The van der Waals surface area contributed by atoms with Crippen LogP contribution in [0.25, 0.3) is 0 Å². The summed E-state index contributed by atoms with van der Waals surface area (Å²) in [6.07, 6.45) is 9.19. The van der Waals surface area contributed by atoms with E-state index in [2.05, 4.69) is 29.6 Å². The van der Waals surface area contributed by atoms with Crippen LogP contribution in [0.4, 0.5) is 0 Å². The molecule has 1 heterocycles. The lowest BCUT2D eigenvalue weighted by atomic mass is 9.66. The summed E-state index contributed by atoms with van der Waals surface area (Å²) in [6.45, 7) is 3.14. The maximum atomic E-state index is 6.26. The largest absolute Gasteiger partial charge is 0.330 e. The van der Waals surface area contributed by atoms with Crippen molar-refractivity contribution < 1.29 is 0 Å². The fourth-order valence-corrected chi connectivity index (χ4v) is 4.28. The molecule has 110 valence electrons. The Morgan fingerprint density at radius 3 is 2.45 bits per heavy atom. The summed E-state index contributed by atoms with van der Waals surface area (Å²) in [7, 11) is 0. The van der Waals surface area contributed by atoms with Crippen molar-refractivity contribution in [3.8, 4) is 0 Å². The van der Waals surface area contributed by atoms with E-state index in [1.807, 2.05) is 0 Å². The molecule has 1 saturated heterocycles. The van der Waals surface area contributed by atoms with Crippen molar-refractivity contribution in [3.05, 3.63) is 35.4 Å². The third-order valence-electron chi connectivity index (χ3n) is 5.51. The van der Waals surface area contributed by atoms with Crippen LogP contribution < -0.4 is 11.1 Å². The van der Waals surface area contributed by atoms with E-state index in [0.29, 0.717) is 0 Å². The predicted molar refractivity (Wildman–Crippen MR) is 85.1 cm³/mol. The molecule has 0 radical (unpaired) electrons. The number of hydrogen-bond acceptors (Lipinski definition) is 2. The first-order valence-corrected chi connectivity index (χ1v) is 8.36. The van der Waals surface area contributed by atoms with Crippen molar-refractivity contribution in [2.75, 3.05) is 19.6 Å². The summed E-state index contributed by atoms with van der Waals surface area (Å²) >= 11 is 0. The summed E-state index contributed by atoms with van der Waals surface area (Å²) in [5.74, 6) is 0.734. The maximum Gasteiger partial charge on any atom is 0.00783 e. The van der Waals surface area contributed by atoms with Gasteiger partial charge in [-0.25, -0.2) is 0 Å². The zero-order valence-corrected chi connectivity index (χ0v) is 12.5. The van der Waals surface area contributed by atoms with Gasteiger partial charge in [0.15, 0.2) is 0 Å². The molecule has 1 aromatic carbocycles. The zero-order valence-electron chi connectivity index (χ0n) is 12.5. The van der Waals surface area contributed by atoms with E-state index in [4.69, 9.17) is 5.73 Å². The van der Waals surface area contributed by atoms with Gasteiger partial charge in [-0.3, -0.25) is 0 Å². The minimum Gasteiger partial charge on any atom is -0.330 e. The molecule has 0 amide bonds. The molecule has 0 spiro atoms. The van der Waals surface area contributed by atoms with Gasteiger partial charge in [0.2, 0.25) is 0 Å². The molecule has 1 aliphatic heterocycles. The fourth-order valence-electron chi connectivity index (χ4n) is 4.28. The van der Waals surface area contributed by atoms with Crippen LogP contribution in [0, 0.1) is 0 Å². The highest BCUT2D eigenvalue weighted by atomic mass is 14.9. The summed E-state index contributed by atoms with van der Waals surface area (Å²) in [6, 6.07) is 9.17. The van der Waals surface area contributed by atoms with Crippen LogP contribution in [0.3, 0.4) is 0 Å². The lowest BCUT2D eigenvalue weighted by Gasteiger charge is -2.40. The highest BCUT2D eigenvalue weighted by Crippen LogP contribution is 2.43. The molecule has 0 atom stereocenters. The second-order valence-electron chi connectivity index (χ2n) is 6.66.